The lowest BCUT2D eigenvalue weighted by Crippen LogP contribution is -2.70. The third kappa shape index (κ3) is 11.2. The molecule has 0 bridgehead atoms. The number of rotatable bonds is 23. The van der Waals surface area contributed by atoms with Crippen LogP contribution in [0.3, 0.4) is 0 Å². The maximum absolute atomic E-state index is 14.1. The Bertz CT molecular complexity index is 1690. The number of fused-ring (bicyclic) bond motifs is 2. The molecule has 59 heavy (non-hydrogen) atoms. The lowest BCUT2D eigenvalue weighted by molar-refractivity contribution is -0.255. The Labute approximate surface area is 359 Å². The first kappa shape index (κ1) is 45.3. The van der Waals surface area contributed by atoms with Crippen molar-refractivity contribution in [1.29, 1.82) is 0 Å². The number of carbonyl (C=O) groups excluding carboxylic acids is 1. The number of allylic oxidation sites excluding steroid dienone is 1. The van der Waals surface area contributed by atoms with Crippen LogP contribution in [0.2, 0.25) is 0 Å². The summed E-state index contributed by atoms with van der Waals surface area (Å²) < 4.78 is 32.5. The first-order valence-electron chi connectivity index (χ1n) is 21.6. The molecule has 2 aromatic carbocycles. The molecule has 2 fully saturated rings. The number of aliphatic hydroxyl groups excluding tert-OH is 2. The maximum atomic E-state index is 14.1. The average molecular weight is 856 g/mol. The fraction of sp³-hybridized carbons (Fsp3) is 0.609. The number of hydrogen-bond donors (Lipinski definition) is 2. The van der Waals surface area contributed by atoms with Gasteiger partial charge in [-0.2, -0.15) is 0 Å². The van der Waals surface area contributed by atoms with Gasteiger partial charge in [0.1, 0.15) is 24.1 Å². The maximum Gasteiger partial charge on any atom is 0.410 e. The van der Waals surface area contributed by atoms with E-state index in [2.05, 4.69) is 30.9 Å². The summed E-state index contributed by atoms with van der Waals surface area (Å²) in [6, 6.07) is 15.7. The third-order valence-corrected chi connectivity index (χ3v) is 12.9. The van der Waals surface area contributed by atoms with Gasteiger partial charge in [0.25, 0.3) is 0 Å². The van der Waals surface area contributed by atoms with Crippen molar-refractivity contribution in [3.05, 3.63) is 78.4 Å². The molecule has 0 radical (unpaired) electrons. The number of carbonyl (C=O) groups is 1. The van der Waals surface area contributed by atoms with E-state index >= 15 is 0 Å². The van der Waals surface area contributed by atoms with Crippen LogP contribution in [-0.4, -0.2) is 103 Å². The van der Waals surface area contributed by atoms with Crippen molar-refractivity contribution in [3.63, 3.8) is 0 Å². The Morgan fingerprint density at radius 3 is 2.63 bits per heavy atom. The van der Waals surface area contributed by atoms with E-state index in [0.717, 1.165) is 73.3 Å². The Hall–Kier alpha value is -3.26. The molecule has 7 atom stereocenters. The number of aliphatic hydroxyl groups is 2. The molecule has 2 aliphatic carbocycles. The molecule has 1 amide bonds. The number of alkyl halides is 1. The third-order valence-electron chi connectivity index (χ3n) is 11.8. The first-order chi connectivity index (χ1) is 29.0. The molecule has 2 heterocycles. The van der Waals surface area contributed by atoms with Gasteiger partial charge in [0.15, 0.2) is 0 Å². The van der Waals surface area contributed by atoms with Gasteiger partial charge in [-0.05, 0) is 92.7 Å². The highest BCUT2D eigenvalue weighted by Gasteiger charge is 2.65. The second-order valence-electron chi connectivity index (χ2n) is 15.7. The number of ether oxygens (including phenoxy) is 5. The minimum atomic E-state index is -1.37. The van der Waals surface area contributed by atoms with Gasteiger partial charge in [0.05, 0.1) is 37.3 Å². The summed E-state index contributed by atoms with van der Waals surface area (Å²) in [7, 11) is 0. The van der Waals surface area contributed by atoms with Crippen LogP contribution in [0, 0.1) is 17.8 Å². The lowest BCUT2D eigenvalue weighted by atomic mass is 9.55. The second kappa shape index (κ2) is 23.1. The van der Waals surface area contributed by atoms with Gasteiger partial charge in [-0.15, -0.1) is 29.9 Å². The largest absolute Gasteiger partial charge is 0.493 e. The summed E-state index contributed by atoms with van der Waals surface area (Å²) in [4.78, 5) is 23.3. The molecule has 4 aliphatic rings. The van der Waals surface area contributed by atoms with Crippen LogP contribution >= 0.6 is 23.4 Å². The molecule has 7 unspecified atom stereocenters. The number of nitrogens with zero attached hydrogens (tertiary/aromatic N) is 2. The highest BCUT2D eigenvalue weighted by Crippen LogP contribution is 2.62. The molecule has 1 saturated heterocycles. The summed E-state index contributed by atoms with van der Waals surface area (Å²) in [5.74, 6) is 0.617. The highest BCUT2D eigenvalue weighted by molar-refractivity contribution is 7.99. The fourth-order valence-electron chi connectivity index (χ4n) is 9.31. The second-order valence-corrected chi connectivity index (χ2v) is 17.2. The summed E-state index contributed by atoms with van der Waals surface area (Å²) in [6.07, 6.45) is 11.5. The van der Waals surface area contributed by atoms with E-state index in [4.69, 9.17) is 45.3 Å². The van der Waals surface area contributed by atoms with E-state index in [-0.39, 0.29) is 56.5 Å². The van der Waals surface area contributed by atoms with E-state index < -0.39 is 30.1 Å². The number of halogens is 1. The van der Waals surface area contributed by atoms with Crippen molar-refractivity contribution in [2.24, 2.45) is 22.9 Å². The van der Waals surface area contributed by atoms with Crippen LogP contribution in [0.25, 0.3) is 0 Å². The summed E-state index contributed by atoms with van der Waals surface area (Å²) >= 11 is 7.79. The van der Waals surface area contributed by atoms with E-state index in [9.17, 15) is 15.0 Å². The van der Waals surface area contributed by atoms with Crippen LogP contribution < -0.4 is 9.47 Å². The van der Waals surface area contributed by atoms with Crippen molar-refractivity contribution in [2.45, 2.75) is 106 Å². The Morgan fingerprint density at radius 1 is 1.08 bits per heavy atom. The van der Waals surface area contributed by atoms with Crippen molar-refractivity contribution in [2.75, 3.05) is 57.8 Å². The van der Waals surface area contributed by atoms with E-state index in [1.54, 1.807) is 22.7 Å². The highest BCUT2D eigenvalue weighted by atomic mass is 35.5. The van der Waals surface area contributed by atoms with Crippen LogP contribution in [0.4, 0.5) is 4.79 Å². The number of unbranched alkanes of at least 4 members (excludes halogenated alkanes) is 2. The number of hydrogen-bond acceptors (Lipinski definition) is 11. The molecule has 2 N–H and O–H groups in total. The van der Waals surface area contributed by atoms with E-state index in [1.807, 2.05) is 37.3 Å². The summed E-state index contributed by atoms with van der Waals surface area (Å²) in [5, 5.41) is 24.7. The van der Waals surface area contributed by atoms with Gasteiger partial charge in [0, 0.05) is 54.7 Å². The summed E-state index contributed by atoms with van der Waals surface area (Å²) in [5.41, 5.74) is 2.71. The van der Waals surface area contributed by atoms with Crippen LogP contribution in [0.5, 0.6) is 11.5 Å². The predicted octanol–water partition coefficient (Wildman–Crippen LogP) is 9.11. The van der Waals surface area contributed by atoms with Gasteiger partial charge in [-0.25, -0.2) is 4.79 Å². The van der Waals surface area contributed by atoms with Crippen LogP contribution in [0.1, 0.15) is 89.0 Å². The number of benzene rings is 2. The molecule has 0 spiro atoms. The monoisotopic (exact) mass is 854 g/mol. The topological polar surface area (TPSA) is 129 Å². The van der Waals surface area contributed by atoms with Crippen LogP contribution in [-0.2, 0) is 19.0 Å². The molecule has 0 aromatic heterocycles. The van der Waals surface area contributed by atoms with Crippen molar-refractivity contribution in [3.8, 4) is 11.5 Å². The van der Waals surface area contributed by atoms with Crippen molar-refractivity contribution >= 4 is 35.2 Å². The van der Waals surface area contributed by atoms with E-state index in [1.165, 1.54) is 4.90 Å². The van der Waals surface area contributed by atoms with Gasteiger partial charge >= 0.3 is 6.09 Å². The zero-order chi connectivity index (χ0) is 41.5. The molecular weight excluding hydrogens is 792 g/mol. The molecule has 1 saturated carbocycles. The standard InChI is InChI=1S/C46H63ClN2O9S/c1-3-22-49(45(52)55-27-21-47)41-32-39(48-58-42-18-10-13-26-54-42)37-30-33(14-8-11-23-50)36(17-9-12-24-51)43-38-31-34(53-28-29-59-35-15-6-5-7-16-35)19-20-40(38)57-46(41,44(37)43)56-25-4-2/h4-7,15-16,19-20,30-31,33,36,41-44,50-51H,2-3,8-14,17-18,21-29,32H2,1H3. The van der Waals surface area contributed by atoms with Gasteiger partial charge in [-0.1, -0.05) is 55.3 Å². The molecule has 2 aliphatic heterocycles. The van der Waals surface area contributed by atoms with Crippen molar-refractivity contribution < 1.29 is 43.5 Å². The average Bonchev–Trinajstić information content (AvgIpc) is 3.26. The minimum absolute atomic E-state index is 0.0624. The number of thioether (sulfide) groups is 1. The zero-order valence-electron chi connectivity index (χ0n) is 34.5. The molecule has 324 valence electrons. The molecule has 13 heteroatoms. The molecule has 2 aromatic rings. The zero-order valence-corrected chi connectivity index (χ0v) is 36.1. The quantitative estimate of drug-likeness (QED) is 0.0367. The smallest absolute Gasteiger partial charge is 0.410 e. The van der Waals surface area contributed by atoms with Crippen molar-refractivity contribution in [1.82, 2.24) is 4.90 Å². The Kier molecular flexibility index (Phi) is 17.7. The van der Waals surface area contributed by atoms with E-state index in [0.29, 0.717) is 44.8 Å². The first-order valence-corrected chi connectivity index (χ1v) is 23.2. The van der Waals surface area contributed by atoms with Gasteiger partial charge in [0.2, 0.25) is 12.1 Å². The summed E-state index contributed by atoms with van der Waals surface area (Å²) in [6.45, 7) is 8.04. The molecule has 6 rings (SSSR count). The SMILES string of the molecule is C=CCOC12Oc3ccc(OCCSc4ccccc4)cc3C3C(CCCCO)C(CCCCO)C=C(C(=NOC4CCCCO4)CC1N(CCC)C(=O)OCCCl)C32. The van der Waals surface area contributed by atoms with Gasteiger partial charge in [-0.3, -0.25) is 4.90 Å². The predicted molar refractivity (Wildman–Crippen MR) is 231 cm³/mol. The van der Waals surface area contributed by atoms with Crippen LogP contribution in [0.15, 0.2) is 82.9 Å². The van der Waals surface area contributed by atoms with Gasteiger partial charge < -0.3 is 38.7 Å². The number of amides is 1. The Morgan fingerprint density at radius 2 is 1.90 bits per heavy atom. The lowest BCUT2D eigenvalue weighted by Gasteiger charge is -2.60. The molecular formula is C46H63ClN2O9S. The Balaban J connectivity index is 1.50. The fourth-order valence-corrected chi connectivity index (χ4v) is 10.1. The number of oxime groups is 1. The normalized spacial score (nSPS) is 26.5. The minimum Gasteiger partial charge on any atom is -0.493 e. The molecule has 11 nitrogen and oxygen atoms in total.